The van der Waals surface area contributed by atoms with Crippen LogP contribution in [0.4, 0.5) is 14.5 Å². The quantitative estimate of drug-likeness (QED) is 0.733. The molecule has 1 rings (SSSR count). The first-order valence-electron chi connectivity index (χ1n) is 3.87. The van der Waals surface area contributed by atoms with E-state index in [0.717, 1.165) is 12.1 Å². The van der Waals surface area contributed by atoms with Gasteiger partial charge in [0.2, 0.25) is 0 Å². The van der Waals surface area contributed by atoms with Crippen molar-refractivity contribution < 1.29 is 18.7 Å². The maximum atomic E-state index is 13.2. The third kappa shape index (κ3) is 2.42. The number of aliphatic carboxylic acids is 1. The lowest BCUT2D eigenvalue weighted by Gasteiger charge is -2.14. The number of hydrogen-bond acceptors (Lipinski definition) is 2. The summed E-state index contributed by atoms with van der Waals surface area (Å²) >= 11 is 0. The minimum absolute atomic E-state index is 0.188. The van der Waals surface area contributed by atoms with Crippen LogP contribution in [0.1, 0.15) is 12.0 Å². The molecular weight excluding hydrogens is 192 g/mol. The highest BCUT2D eigenvalue weighted by atomic mass is 19.3. The first-order valence-corrected chi connectivity index (χ1v) is 3.87. The number of carboxylic acids is 1. The summed E-state index contributed by atoms with van der Waals surface area (Å²) in [6.45, 7) is 0. The van der Waals surface area contributed by atoms with Crippen molar-refractivity contribution in [1.82, 2.24) is 0 Å². The lowest BCUT2D eigenvalue weighted by atomic mass is 10.1. The summed E-state index contributed by atoms with van der Waals surface area (Å²) in [5.74, 6) is -4.92. The molecule has 1 aromatic rings. The van der Waals surface area contributed by atoms with E-state index in [9.17, 15) is 13.6 Å². The lowest BCUT2D eigenvalue weighted by Crippen LogP contribution is -2.18. The summed E-state index contributed by atoms with van der Waals surface area (Å²) in [5, 5.41) is 8.27. The molecule has 0 bridgehead atoms. The number of anilines is 1. The van der Waals surface area contributed by atoms with Crippen LogP contribution in [0.3, 0.4) is 0 Å². The summed E-state index contributed by atoms with van der Waals surface area (Å²) in [7, 11) is 0. The largest absolute Gasteiger partial charge is 0.481 e. The minimum Gasteiger partial charge on any atom is -0.481 e. The number of halogens is 2. The van der Waals surface area contributed by atoms with Crippen LogP contribution in [-0.4, -0.2) is 11.1 Å². The number of nitrogens with two attached hydrogens (primary N) is 1. The zero-order valence-electron chi connectivity index (χ0n) is 7.21. The smallest absolute Gasteiger partial charge is 0.309 e. The highest BCUT2D eigenvalue weighted by Crippen LogP contribution is 2.32. The summed E-state index contributed by atoms with van der Waals surface area (Å²) in [6, 6.07) is 5.04. The summed E-state index contributed by atoms with van der Waals surface area (Å²) in [6.07, 6.45) is -1.23. The van der Waals surface area contributed by atoms with Crippen molar-refractivity contribution in [2.24, 2.45) is 0 Å². The van der Waals surface area contributed by atoms with Gasteiger partial charge >= 0.3 is 5.97 Å². The Morgan fingerprint density at radius 3 is 2.64 bits per heavy atom. The molecule has 0 amide bonds. The zero-order chi connectivity index (χ0) is 10.8. The molecule has 0 aliphatic heterocycles. The summed E-state index contributed by atoms with van der Waals surface area (Å²) < 4.78 is 26.3. The van der Waals surface area contributed by atoms with Crippen LogP contribution < -0.4 is 5.73 Å². The Balaban J connectivity index is 2.97. The summed E-state index contributed by atoms with van der Waals surface area (Å²) in [5.41, 5.74) is 5.12. The van der Waals surface area contributed by atoms with E-state index in [1.165, 1.54) is 12.1 Å². The van der Waals surface area contributed by atoms with E-state index in [1.807, 2.05) is 0 Å². The van der Waals surface area contributed by atoms with Gasteiger partial charge in [0.15, 0.2) is 0 Å². The second kappa shape index (κ2) is 3.61. The normalized spacial score (nSPS) is 11.3. The van der Waals surface area contributed by atoms with Crippen molar-refractivity contribution in [3.63, 3.8) is 0 Å². The average Bonchev–Trinajstić information content (AvgIpc) is 2.01. The maximum absolute atomic E-state index is 13.2. The molecule has 0 fully saturated rings. The van der Waals surface area contributed by atoms with Crippen molar-refractivity contribution in [2.75, 3.05) is 5.73 Å². The Morgan fingerprint density at radius 1 is 1.50 bits per heavy atom. The van der Waals surface area contributed by atoms with Crippen molar-refractivity contribution in [2.45, 2.75) is 12.3 Å². The van der Waals surface area contributed by atoms with Crippen LogP contribution in [0.25, 0.3) is 0 Å². The number of nitrogen functional groups attached to an aromatic ring is 1. The molecule has 0 saturated heterocycles. The van der Waals surface area contributed by atoms with E-state index in [-0.39, 0.29) is 11.3 Å². The molecule has 14 heavy (non-hydrogen) atoms. The van der Waals surface area contributed by atoms with Crippen LogP contribution in [0.2, 0.25) is 0 Å². The zero-order valence-corrected chi connectivity index (χ0v) is 7.21. The third-order valence-electron chi connectivity index (χ3n) is 1.68. The summed E-state index contributed by atoms with van der Waals surface area (Å²) in [4.78, 5) is 10.2. The van der Waals surface area contributed by atoms with Gasteiger partial charge in [0.05, 0.1) is 0 Å². The molecule has 0 radical (unpaired) electrons. The molecule has 0 saturated carbocycles. The maximum Gasteiger partial charge on any atom is 0.309 e. The molecule has 5 heteroatoms. The van der Waals surface area contributed by atoms with E-state index in [1.54, 1.807) is 0 Å². The van der Waals surface area contributed by atoms with Gasteiger partial charge in [0.25, 0.3) is 5.92 Å². The van der Waals surface area contributed by atoms with Gasteiger partial charge in [-0.15, -0.1) is 0 Å². The van der Waals surface area contributed by atoms with Crippen molar-refractivity contribution in [1.29, 1.82) is 0 Å². The molecule has 0 heterocycles. The second-order valence-electron chi connectivity index (χ2n) is 2.90. The average molecular weight is 201 g/mol. The Bertz CT molecular complexity index is 352. The molecule has 0 unspecified atom stereocenters. The van der Waals surface area contributed by atoms with Crippen LogP contribution in [0.5, 0.6) is 0 Å². The fraction of sp³-hybridized carbons (Fsp3) is 0.222. The van der Waals surface area contributed by atoms with Crippen LogP contribution in [0, 0.1) is 0 Å². The highest BCUT2D eigenvalue weighted by molar-refractivity contribution is 5.68. The predicted octanol–water partition coefficient (Wildman–Crippen LogP) is 1.84. The van der Waals surface area contributed by atoms with E-state index in [2.05, 4.69) is 0 Å². The van der Waals surface area contributed by atoms with E-state index < -0.39 is 18.3 Å². The highest BCUT2D eigenvalue weighted by Gasteiger charge is 2.34. The SMILES string of the molecule is Nc1cccc(C(F)(F)CC(=O)O)c1. The molecule has 0 aliphatic carbocycles. The standard InChI is InChI=1S/C9H9F2NO2/c10-9(11,5-8(13)14)6-2-1-3-7(12)4-6/h1-4H,5,12H2,(H,13,14). The number of benzene rings is 1. The van der Waals surface area contributed by atoms with Gasteiger partial charge < -0.3 is 10.8 Å². The van der Waals surface area contributed by atoms with Gasteiger partial charge in [-0.1, -0.05) is 12.1 Å². The topological polar surface area (TPSA) is 63.3 Å². The molecular formula is C9H9F2NO2. The molecule has 0 aliphatic rings. The second-order valence-corrected chi connectivity index (χ2v) is 2.90. The predicted molar refractivity (Wildman–Crippen MR) is 47.0 cm³/mol. The minimum atomic E-state index is -3.37. The Kier molecular flexibility index (Phi) is 2.69. The van der Waals surface area contributed by atoms with Crippen LogP contribution in [0.15, 0.2) is 24.3 Å². The molecule has 0 spiro atoms. The first kappa shape index (κ1) is 10.4. The van der Waals surface area contributed by atoms with Crippen molar-refractivity contribution >= 4 is 11.7 Å². The number of hydrogen-bond donors (Lipinski definition) is 2. The van der Waals surface area contributed by atoms with Crippen LogP contribution >= 0.6 is 0 Å². The number of alkyl halides is 2. The fourth-order valence-electron chi connectivity index (χ4n) is 1.06. The van der Waals surface area contributed by atoms with Crippen molar-refractivity contribution in [3.05, 3.63) is 29.8 Å². The van der Waals surface area contributed by atoms with Gasteiger partial charge in [-0.2, -0.15) is 0 Å². The molecule has 3 nitrogen and oxygen atoms in total. The molecule has 76 valence electrons. The number of rotatable bonds is 3. The Morgan fingerprint density at radius 2 is 2.14 bits per heavy atom. The third-order valence-corrected chi connectivity index (χ3v) is 1.68. The molecule has 0 atom stereocenters. The van der Waals surface area contributed by atoms with E-state index in [4.69, 9.17) is 10.8 Å². The first-order chi connectivity index (χ1) is 6.42. The van der Waals surface area contributed by atoms with E-state index >= 15 is 0 Å². The van der Waals surface area contributed by atoms with Crippen molar-refractivity contribution in [3.8, 4) is 0 Å². The molecule has 3 N–H and O–H groups in total. The Hall–Kier alpha value is -1.65. The fourth-order valence-corrected chi connectivity index (χ4v) is 1.06. The molecule has 1 aromatic carbocycles. The van der Waals surface area contributed by atoms with Gasteiger partial charge in [0, 0.05) is 11.3 Å². The Labute approximate surface area is 79.2 Å². The van der Waals surface area contributed by atoms with Gasteiger partial charge in [-0.3, -0.25) is 4.79 Å². The van der Waals surface area contributed by atoms with Gasteiger partial charge in [0.1, 0.15) is 6.42 Å². The monoisotopic (exact) mass is 201 g/mol. The van der Waals surface area contributed by atoms with Crippen LogP contribution in [-0.2, 0) is 10.7 Å². The number of carboxylic acid groups (broad SMARTS) is 1. The lowest BCUT2D eigenvalue weighted by molar-refractivity contribution is -0.145. The van der Waals surface area contributed by atoms with Gasteiger partial charge in [-0.05, 0) is 12.1 Å². The number of carbonyl (C=O) groups is 1. The van der Waals surface area contributed by atoms with E-state index in [0.29, 0.717) is 0 Å². The molecule has 0 aromatic heterocycles. The van der Waals surface area contributed by atoms with Gasteiger partial charge in [-0.25, -0.2) is 8.78 Å².